The minimum absolute atomic E-state index is 0. The summed E-state index contributed by atoms with van der Waals surface area (Å²) in [6, 6.07) is 10.1. The van der Waals surface area contributed by atoms with Crippen LogP contribution in [0.3, 0.4) is 0 Å². The molecule has 1 aliphatic heterocycles. The molecular weight excluding hydrogens is 401 g/mol. The molecule has 0 aromatic heterocycles. The lowest BCUT2D eigenvalue weighted by Crippen LogP contribution is -2.39. The Kier molecular flexibility index (Phi) is 6.47. The van der Waals surface area contributed by atoms with Crippen molar-refractivity contribution in [3.8, 4) is 0 Å². The van der Waals surface area contributed by atoms with Crippen molar-refractivity contribution in [1.29, 1.82) is 0 Å². The molecule has 5 heteroatoms. The van der Waals surface area contributed by atoms with Crippen molar-refractivity contribution in [3.63, 3.8) is 0 Å². The lowest BCUT2D eigenvalue weighted by molar-refractivity contribution is 0.0491. The molecule has 0 radical (unpaired) electrons. The van der Waals surface area contributed by atoms with Gasteiger partial charge in [0.1, 0.15) is 0 Å². The number of hydrazone groups is 1. The normalized spacial score (nSPS) is 22.3. The van der Waals surface area contributed by atoms with E-state index < -0.39 is 0 Å². The average molecular weight is 427 g/mol. The van der Waals surface area contributed by atoms with Gasteiger partial charge in [0.15, 0.2) is 0 Å². The van der Waals surface area contributed by atoms with E-state index in [4.69, 9.17) is 4.74 Å². The average Bonchev–Trinajstić information content (AvgIpc) is 2.53. The number of halogens is 1. The van der Waals surface area contributed by atoms with Crippen LogP contribution in [0.5, 0.6) is 0 Å². The summed E-state index contributed by atoms with van der Waals surface area (Å²) in [5, 5.41) is 4.63. The van der Waals surface area contributed by atoms with Crippen LogP contribution in [0.4, 0.5) is 5.69 Å². The molecular formula is C18H26IN3O. The van der Waals surface area contributed by atoms with E-state index in [1.54, 1.807) is 0 Å². The number of allylic oxidation sites excluding steroid dienone is 2. The van der Waals surface area contributed by atoms with E-state index in [-0.39, 0.29) is 29.4 Å². The number of anilines is 1. The number of nitrogens with zero attached hydrogens (tertiary/aromatic N) is 2. The van der Waals surface area contributed by atoms with Crippen LogP contribution < -0.4 is 5.43 Å². The highest BCUT2D eigenvalue weighted by Gasteiger charge is 2.29. The summed E-state index contributed by atoms with van der Waals surface area (Å²) in [4.78, 5) is 2.45. The second-order valence-electron chi connectivity index (χ2n) is 6.83. The number of para-hydroxylation sites is 1. The Bertz CT molecular complexity index is 563. The largest absolute Gasteiger partial charge is 0.378 e. The minimum Gasteiger partial charge on any atom is -0.378 e. The molecule has 0 saturated carbocycles. The number of benzene rings is 1. The number of hydrogen-bond acceptors (Lipinski definition) is 4. The zero-order valence-corrected chi connectivity index (χ0v) is 16.2. The Hall–Kier alpha value is -1.08. The summed E-state index contributed by atoms with van der Waals surface area (Å²) >= 11 is 0. The van der Waals surface area contributed by atoms with Crippen LogP contribution in [-0.4, -0.2) is 36.9 Å². The van der Waals surface area contributed by atoms with Crippen LogP contribution in [0.2, 0.25) is 0 Å². The van der Waals surface area contributed by atoms with Crippen LogP contribution in [0, 0.1) is 5.41 Å². The third kappa shape index (κ3) is 5.21. The quantitative estimate of drug-likeness (QED) is 0.583. The molecule has 2 aliphatic rings. The number of hydrogen-bond donors (Lipinski definition) is 1. The van der Waals surface area contributed by atoms with E-state index in [1.807, 2.05) is 30.3 Å². The lowest BCUT2D eigenvalue weighted by atomic mass is 9.78. The Morgan fingerprint density at radius 3 is 2.48 bits per heavy atom. The zero-order chi connectivity index (χ0) is 15.4. The summed E-state index contributed by atoms with van der Waals surface area (Å²) in [5.41, 5.74) is 6.98. The maximum Gasteiger partial charge on any atom is 0.0642 e. The van der Waals surface area contributed by atoms with Gasteiger partial charge >= 0.3 is 0 Å². The first kappa shape index (κ1) is 18.3. The van der Waals surface area contributed by atoms with Crippen LogP contribution in [0.15, 0.2) is 47.2 Å². The molecule has 1 N–H and O–H groups in total. The number of ether oxygens (including phenoxy) is 1. The van der Waals surface area contributed by atoms with E-state index >= 15 is 0 Å². The molecule has 1 heterocycles. The van der Waals surface area contributed by atoms with Crippen molar-refractivity contribution >= 4 is 35.4 Å². The maximum absolute atomic E-state index is 5.46. The lowest BCUT2D eigenvalue weighted by Gasteiger charge is -2.38. The summed E-state index contributed by atoms with van der Waals surface area (Å²) in [7, 11) is 0. The number of morpholine rings is 1. The first-order valence-electron chi connectivity index (χ1n) is 8.03. The van der Waals surface area contributed by atoms with E-state index in [2.05, 4.69) is 35.4 Å². The molecule has 0 unspecified atom stereocenters. The van der Waals surface area contributed by atoms with Crippen molar-refractivity contribution in [3.05, 3.63) is 42.1 Å². The number of rotatable bonds is 3. The second kappa shape index (κ2) is 8.15. The Morgan fingerprint density at radius 1 is 1.09 bits per heavy atom. The molecule has 4 nitrogen and oxygen atoms in total. The first-order valence-corrected chi connectivity index (χ1v) is 8.03. The molecule has 126 valence electrons. The molecule has 1 aromatic carbocycles. The molecule has 0 spiro atoms. The van der Waals surface area contributed by atoms with Crippen LogP contribution in [0.25, 0.3) is 0 Å². The Balaban J connectivity index is 0.00000192. The topological polar surface area (TPSA) is 36.9 Å². The van der Waals surface area contributed by atoms with E-state index in [1.165, 1.54) is 5.70 Å². The Labute approximate surface area is 156 Å². The third-order valence-electron chi connectivity index (χ3n) is 4.17. The van der Waals surface area contributed by atoms with Gasteiger partial charge in [-0.05, 0) is 36.5 Å². The molecule has 0 bridgehead atoms. The van der Waals surface area contributed by atoms with E-state index in [0.29, 0.717) is 0 Å². The summed E-state index contributed by atoms with van der Waals surface area (Å²) in [5.74, 6) is 0. The fraction of sp³-hybridized carbons (Fsp3) is 0.500. The third-order valence-corrected chi connectivity index (χ3v) is 4.17. The van der Waals surface area contributed by atoms with Gasteiger partial charge in [-0.3, -0.25) is 5.43 Å². The highest BCUT2D eigenvalue weighted by Crippen LogP contribution is 2.35. The predicted octanol–water partition coefficient (Wildman–Crippen LogP) is 4.11. The monoisotopic (exact) mass is 427 g/mol. The van der Waals surface area contributed by atoms with E-state index in [0.717, 1.165) is 50.5 Å². The number of nitrogens with one attached hydrogen (secondary N) is 1. The van der Waals surface area contributed by atoms with Crippen molar-refractivity contribution in [2.75, 3.05) is 31.7 Å². The van der Waals surface area contributed by atoms with Crippen molar-refractivity contribution < 1.29 is 4.74 Å². The van der Waals surface area contributed by atoms with Gasteiger partial charge in [0.25, 0.3) is 0 Å². The van der Waals surface area contributed by atoms with Gasteiger partial charge in [-0.2, -0.15) is 5.10 Å². The zero-order valence-electron chi connectivity index (χ0n) is 13.9. The van der Waals surface area contributed by atoms with Crippen LogP contribution >= 0.6 is 24.0 Å². The highest BCUT2D eigenvalue weighted by atomic mass is 127. The van der Waals surface area contributed by atoms with Gasteiger partial charge in [0, 0.05) is 18.8 Å². The molecule has 1 fully saturated rings. The van der Waals surface area contributed by atoms with Crippen molar-refractivity contribution in [2.24, 2.45) is 10.5 Å². The van der Waals surface area contributed by atoms with E-state index in [9.17, 15) is 0 Å². The van der Waals surface area contributed by atoms with Crippen molar-refractivity contribution in [1.82, 2.24) is 4.90 Å². The molecule has 1 saturated heterocycles. The summed E-state index contributed by atoms with van der Waals surface area (Å²) in [6.07, 6.45) is 4.37. The molecule has 1 aliphatic carbocycles. The molecule has 0 amide bonds. The summed E-state index contributed by atoms with van der Waals surface area (Å²) < 4.78 is 5.46. The van der Waals surface area contributed by atoms with Gasteiger partial charge in [-0.15, -0.1) is 24.0 Å². The van der Waals surface area contributed by atoms with Gasteiger partial charge < -0.3 is 9.64 Å². The Morgan fingerprint density at radius 2 is 1.78 bits per heavy atom. The second-order valence-corrected chi connectivity index (χ2v) is 6.83. The predicted molar refractivity (Wildman–Crippen MR) is 106 cm³/mol. The molecule has 1 aromatic rings. The van der Waals surface area contributed by atoms with Gasteiger partial charge in [-0.25, -0.2) is 0 Å². The molecule has 3 rings (SSSR count). The maximum atomic E-state index is 5.46. The first-order chi connectivity index (χ1) is 10.6. The summed E-state index contributed by atoms with van der Waals surface area (Å²) in [6.45, 7) is 8.26. The van der Waals surface area contributed by atoms with Crippen LogP contribution in [0.1, 0.15) is 26.7 Å². The SMILES string of the molecule is CC1(C)CC(N2CCOCC2)=CC(=NNc2ccccc2)C1.I. The van der Waals surface area contributed by atoms with Gasteiger partial charge in [0.2, 0.25) is 0 Å². The highest BCUT2D eigenvalue weighted by molar-refractivity contribution is 14.0. The minimum atomic E-state index is 0. The van der Waals surface area contributed by atoms with Gasteiger partial charge in [-0.1, -0.05) is 32.0 Å². The smallest absolute Gasteiger partial charge is 0.0642 e. The fourth-order valence-electron chi connectivity index (χ4n) is 3.11. The van der Waals surface area contributed by atoms with Crippen molar-refractivity contribution in [2.45, 2.75) is 26.7 Å². The fourth-order valence-corrected chi connectivity index (χ4v) is 3.11. The van der Waals surface area contributed by atoms with Gasteiger partial charge in [0.05, 0.1) is 24.6 Å². The molecule has 23 heavy (non-hydrogen) atoms. The van der Waals surface area contributed by atoms with Crippen LogP contribution in [-0.2, 0) is 4.74 Å². The standard InChI is InChI=1S/C18H25N3O.HI/c1-18(2)13-16(20-19-15-6-4-3-5-7-15)12-17(14-18)21-8-10-22-11-9-21;/h3-7,12,19H,8-11,13-14H2,1-2H3;1H. The molecule has 0 atom stereocenters.